The van der Waals surface area contributed by atoms with Crippen molar-refractivity contribution < 1.29 is 4.42 Å². The number of alkyl halides is 1. The van der Waals surface area contributed by atoms with Gasteiger partial charge in [-0.05, 0) is 42.7 Å². The van der Waals surface area contributed by atoms with Crippen molar-refractivity contribution in [3.05, 3.63) is 69.2 Å². The maximum atomic E-state index is 11.2. The second-order valence-corrected chi connectivity index (χ2v) is 5.91. The number of hydrogen-bond acceptors (Lipinski definition) is 2. The number of aryl methyl sites for hydroxylation is 2. The number of H-pyrrole nitrogens is 1. The van der Waals surface area contributed by atoms with Crippen molar-refractivity contribution in [2.24, 2.45) is 0 Å². The van der Waals surface area contributed by atoms with Crippen LogP contribution < -0.4 is 5.76 Å². The number of hydrogen-bond donors (Lipinski definition) is 1. The SMILES string of the molecule is Cc1ccc(C(Br)c2ccc3[nH]c(=O)oc3c2)c(C)c1. The van der Waals surface area contributed by atoms with Crippen LogP contribution in [0.1, 0.15) is 27.1 Å². The second kappa shape index (κ2) is 4.94. The maximum Gasteiger partial charge on any atom is 0.417 e. The average Bonchev–Trinajstić information content (AvgIpc) is 2.77. The number of aromatic nitrogens is 1. The first-order chi connectivity index (χ1) is 9.54. The largest absolute Gasteiger partial charge is 0.417 e. The maximum absolute atomic E-state index is 11.2. The molecular weight excluding hydrogens is 318 g/mol. The van der Waals surface area contributed by atoms with Gasteiger partial charge in [0.15, 0.2) is 5.58 Å². The van der Waals surface area contributed by atoms with Crippen molar-refractivity contribution in [3.8, 4) is 0 Å². The number of oxazole rings is 1. The Morgan fingerprint density at radius 3 is 2.70 bits per heavy atom. The third-order valence-corrected chi connectivity index (χ3v) is 4.46. The molecule has 20 heavy (non-hydrogen) atoms. The van der Waals surface area contributed by atoms with Crippen molar-refractivity contribution in [1.82, 2.24) is 4.98 Å². The quantitative estimate of drug-likeness (QED) is 0.714. The zero-order chi connectivity index (χ0) is 14.3. The Morgan fingerprint density at radius 2 is 1.95 bits per heavy atom. The van der Waals surface area contributed by atoms with Crippen LogP contribution >= 0.6 is 15.9 Å². The summed E-state index contributed by atoms with van der Waals surface area (Å²) in [5, 5.41) is 0. The zero-order valence-corrected chi connectivity index (χ0v) is 12.8. The van der Waals surface area contributed by atoms with Gasteiger partial charge in [-0.1, -0.05) is 45.8 Å². The third kappa shape index (κ3) is 2.31. The third-order valence-electron chi connectivity index (χ3n) is 3.44. The number of nitrogens with one attached hydrogen (secondary N) is 1. The van der Waals surface area contributed by atoms with Gasteiger partial charge in [-0.25, -0.2) is 4.79 Å². The molecule has 2 aromatic carbocycles. The van der Waals surface area contributed by atoms with Gasteiger partial charge in [0.2, 0.25) is 0 Å². The molecule has 3 aromatic rings. The molecule has 0 aliphatic carbocycles. The fourth-order valence-corrected chi connectivity index (χ4v) is 3.21. The van der Waals surface area contributed by atoms with E-state index >= 15 is 0 Å². The number of benzene rings is 2. The van der Waals surface area contributed by atoms with Crippen molar-refractivity contribution in [2.75, 3.05) is 0 Å². The molecule has 102 valence electrons. The first kappa shape index (κ1) is 13.2. The van der Waals surface area contributed by atoms with E-state index in [0.717, 1.165) is 11.1 Å². The topological polar surface area (TPSA) is 46.0 Å². The van der Waals surface area contributed by atoms with Crippen LogP contribution in [0, 0.1) is 13.8 Å². The summed E-state index contributed by atoms with van der Waals surface area (Å²) in [5.74, 6) is -0.421. The van der Waals surface area contributed by atoms with Crippen molar-refractivity contribution in [1.29, 1.82) is 0 Å². The minimum Gasteiger partial charge on any atom is -0.408 e. The van der Waals surface area contributed by atoms with E-state index in [1.54, 1.807) is 0 Å². The summed E-state index contributed by atoms with van der Waals surface area (Å²) in [6.07, 6.45) is 0. The molecule has 1 aromatic heterocycles. The monoisotopic (exact) mass is 331 g/mol. The molecular formula is C16H14BrNO2. The number of halogens is 1. The molecule has 1 N–H and O–H groups in total. The van der Waals surface area contributed by atoms with Crippen LogP contribution in [0.5, 0.6) is 0 Å². The second-order valence-electron chi connectivity index (χ2n) is 4.99. The molecule has 0 spiro atoms. The molecule has 1 atom stereocenters. The predicted octanol–water partition coefficient (Wildman–Crippen LogP) is 4.22. The van der Waals surface area contributed by atoms with Crippen LogP contribution in [0.2, 0.25) is 0 Å². The summed E-state index contributed by atoms with van der Waals surface area (Å²) < 4.78 is 5.11. The van der Waals surface area contributed by atoms with Gasteiger partial charge >= 0.3 is 5.76 Å². The molecule has 1 unspecified atom stereocenters. The molecule has 0 saturated carbocycles. The zero-order valence-electron chi connectivity index (χ0n) is 11.2. The van der Waals surface area contributed by atoms with E-state index < -0.39 is 5.76 Å². The normalized spacial score (nSPS) is 12.8. The van der Waals surface area contributed by atoms with E-state index in [2.05, 4.69) is 53.0 Å². The Hall–Kier alpha value is -1.81. The van der Waals surface area contributed by atoms with Crippen molar-refractivity contribution >= 4 is 27.0 Å². The van der Waals surface area contributed by atoms with Crippen molar-refractivity contribution in [2.45, 2.75) is 18.7 Å². The lowest BCUT2D eigenvalue weighted by Crippen LogP contribution is -1.96. The van der Waals surface area contributed by atoms with Gasteiger partial charge in [0.25, 0.3) is 0 Å². The highest BCUT2D eigenvalue weighted by Gasteiger charge is 2.14. The minimum absolute atomic E-state index is 0.0766. The van der Waals surface area contributed by atoms with E-state index in [1.165, 1.54) is 16.7 Å². The van der Waals surface area contributed by atoms with Crippen molar-refractivity contribution in [3.63, 3.8) is 0 Å². The molecule has 3 rings (SSSR count). The molecule has 0 aliphatic rings. The number of rotatable bonds is 2. The molecule has 0 amide bonds. The molecule has 3 nitrogen and oxygen atoms in total. The van der Waals surface area contributed by atoms with Gasteiger partial charge < -0.3 is 4.42 Å². The summed E-state index contributed by atoms with van der Waals surface area (Å²) >= 11 is 3.73. The van der Waals surface area contributed by atoms with E-state index in [9.17, 15) is 4.79 Å². The van der Waals surface area contributed by atoms with Crippen LogP contribution in [0.3, 0.4) is 0 Å². The van der Waals surface area contributed by atoms with Crippen LogP contribution in [0.15, 0.2) is 45.6 Å². The van der Waals surface area contributed by atoms with E-state index in [1.807, 2.05) is 18.2 Å². The summed E-state index contributed by atoms with van der Waals surface area (Å²) in [4.78, 5) is 13.9. The van der Waals surface area contributed by atoms with Crippen LogP contribution in [-0.4, -0.2) is 4.98 Å². The van der Waals surface area contributed by atoms with E-state index in [0.29, 0.717) is 5.58 Å². The summed E-state index contributed by atoms with van der Waals surface area (Å²) in [7, 11) is 0. The Bertz CT molecular complexity index is 832. The fraction of sp³-hybridized carbons (Fsp3) is 0.188. The van der Waals surface area contributed by atoms with E-state index in [4.69, 9.17) is 4.42 Å². The molecule has 0 radical (unpaired) electrons. The lowest BCUT2D eigenvalue weighted by Gasteiger charge is -2.14. The minimum atomic E-state index is -0.421. The first-order valence-corrected chi connectivity index (χ1v) is 7.30. The lowest BCUT2D eigenvalue weighted by atomic mass is 9.98. The lowest BCUT2D eigenvalue weighted by molar-refractivity contribution is 0.555. The Balaban J connectivity index is 2.06. The van der Waals surface area contributed by atoms with Crippen LogP contribution in [0.25, 0.3) is 11.1 Å². The molecule has 4 heteroatoms. The van der Waals surface area contributed by atoms with Gasteiger partial charge in [0.05, 0.1) is 10.3 Å². The smallest absolute Gasteiger partial charge is 0.408 e. The van der Waals surface area contributed by atoms with Gasteiger partial charge in [-0.15, -0.1) is 0 Å². The molecule has 0 fully saturated rings. The van der Waals surface area contributed by atoms with Gasteiger partial charge in [-0.3, -0.25) is 4.98 Å². The summed E-state index contributed by atoms with van der Waals surface area (Å²) in [6, 6.07) is 12.2. The Labute approximate surface area is 124 Å². The Morgan fingerprint density at radius 1 is 1.15 bits per heavy atom. The first-order valence-electron chi connectivity index (χ1n) is 6.38. The van der Waals surface area contributed by atoms with E-state index in [-0.39, 0.29) is 4.83 Å². The molecule has 0 aliphatic heterocycles. The average molecular weight is 332 g/mol. The highest BCUT2D eigenvalue weighted by Crippen LogP contribution is 2.34. The van der Waals surface area contributed by atoms with Gasteiger partial charge in [-0.2, -0.15) is 0 Å². The highest BCUT2D eigenvalue weighted by molar-refractivity contribution is 9.09. The Kier molecular flexibility index (Phi) is 3.26. The molecule has 1 heterocycles. The van der Waals surface area contributed by atoms with Gasteiger partial charge in [0.1, 0.15) is 0 Å². The summed E-state index contributed by atoms with van der Waals surface area (Å²) in [5.41, 5.74) is 6.07. The van der Waals surface area contributed by atoms with Crippen LogP contribution in [0.4, 0.5) is 0 Å². The summed E-state index contributed by atoms with van der Waals surface area (Å²) in [6.45, 7) is 4.19. The standard InChI is InChI=1S/C16H14BrNO2/c1-9-3-5-12(10(2)7-9)15(17)11-4-6-13-14(8-11)20-16(19)18-13/h3-8,15H,1-2H3,(H,18,19). The van der Waals surface area contributed by atoms with Gasteiger partial charge in [0, 0.05) is 0 Å². The highest BCUT2D eigenvalue weighted by atomic mass is 79.9. The fourth-order valence-electron chi connectivity index (χ4n) is 2.41. The molecule has 0 bridgehead atoms. The number of fused-ring (bicyclic) bond motifs is 1. The number of aromatic amines is 1. The predicted molar refractivity (Wildman–Crippen MR) is 83.5 cm³/mol. The molecule has 0 saturated heterocycles. The van der Waals surface area contributed by atoms with Crippen LogP contribution in [-0.2, 0) is 0 Å².